The summed E-state index contributed by atoms with van der Waals surface area (Å²) in [5.74, 6) is 11.8. The van der Waals surface area contributed by atoms with E-state index in [9.17, 15) is 56.7 Å². The fourth-order valence-electron chi connectivity index (χ4n) is 3.33. The van der Waals surface area contributed by atoms with Crippen molar-refractivity contribution >= 4 is 22.7 Å². The maximum Gasteiger partial charge on any atom is 0.340 e. The van der Waals surface area contributed by atoms with Crippen molar-refractivity contribution in [2.24, 2.45) is 0 Å². The van der Waals surface area contributed by atoms with Crippen molar-refractivity contribution in [3.05, 3.63) is 113 Å². The Morgan fingerprint density at radius 2 is 0.898 bits per heavy atom. The standard InChI is InChI=1S/C10H2.C9H11FN2O2.C8H7F2NO2.C6H2F3NO2/c1-3-5-7-9-10-8-6-4-2;1-3-6-4-7(10)5-8(11-2)9(6)12(13)14;1-2-5-3-6(9)4-7(10)8(5)11(12)13;7-3-1-4(8)6(10(11)12)5(9)2-3/h1-2H;4-5,11H,3H2,1-2H3;3-4H,2H2,1H3;1-2H. The van der Waals surface area contributed by atoms with Crippen LogP contribution in [-0.4, -0.2) is 21.8 Å². The molecule has 0 spiro atoms. The lowest BCUT2D eigenvalue weighted by Crippen LogP contribution is -2.01. The molecule has 16 heteroatoms. The van der Waals surface area contributed by atoms with E-state index < -0.39 is 61.0 Å². The SMILES string of the molecule is C#CC#CC#CC#CC#C.CCc1cc(F)cc(F)c1[N+](=O)[O-].CCc1cc(F)cc(NC)c1[N+](=O)[O-].O=[N+]([O-])c1c(F)cc(F)cc1F. The third kappa shape index (κ3) is 14.3. The smallest absolute Gasteiger partial charge is 0.340 e. The molecule has 0 saturated carbocycles. The summed E-state index contributed by atoms with van der Waals surface area (Å²) in [4.78, 5) is 28.4. The minimum atomic E-state index is -1.52. The predicted octanol–water partition coefficient (Wildman–Crippen LogP) is 7.05. The third-order valence-electron chi connectivity index (χ3n) is 5.28. The van der Waals surface area contributed by atoms with Gasteiger partial charge in [0.15, 0.2) is 0 Å². The van der Waals surface area contributed by atoms with Gasteiger partial charge in [0.25, 0.3) is 5.69 Å². The normalized spacial score (nSPS) is 8.63. The maximum absolute atomic E-state index is 13.0. The van der Waals surface area contributed by atoms with Gasteiger partial charge in [0.1, 0.15) is 23.1 Å². The van der Waals surface area contributed by atoms with E-state index in [1.54, 1.807) is 13.8 Å². The van der Waals surface area contributed by atoms with Crippen molar-refractivity contribution in [1.82, 2.24) is 0 Å². The summed E-state index contributed by atoms with van der Waals surface area (Å²) >= 11 is 0. The molecule has 0 amide bonds. The molecule has 3 rings (SSSR count). The van der Waals surface area contributed by atoms with Crippen LogP contribution in [0, 0.1) is 125 Å². The summed E-state index contributed by atoms with van der Waals surface area (Å²) in [6.45, 7) is 3.35. The molecule has 0 radical (unpaired) electrons. The van der Waals surface area contributed by atoms with Crippen molar-refractivity contribution in [3.8, 4) is 60.2 Å². The van der Waals surface area contributed by atoms with Crippen LogP contribution in [0.15, 0.2) is 36.4 Å². The summed E-state index contributed by atoms with van der Waals surface area (Å²) in [6.07, 6.45) is 10.3. The van der Waals surface area contributed by atoms with E-state index in [0.29, 0.717) is 18.1 Å². The Balaban J connectivity index is 0.000000632. The molecule has 0 aliphatic heterocycles. The average Bonchev–Trinajstić information content (AvgIpc) is 3.01. The number of nitrogens with zero attached hydrogens (tertiary/aromatic N) is 3. The van der Waals surface area contributed by atoms with Gasteiger partial charge < -0.3 is 5.32 Å². The molecule has 0 aliphatic rings. The Morgan fingerprint density at radius 1 is 0.571 bits per heavy atom. The summed E-state index contributed by atoms with van der Waals surface area (Å²) in [5.41, 5.74) is -1.33. The number of nitro groups is 3. The van der Waals surface area contributed by atoms with Crippen LogP contribution in [0.5, 0.6) is 0 Å². The summed E-state index contributed by atoms with van der Waals surface area (Å²) < 4.78 is 75.5. The van der Waals surface area contributed by atoms with Crippen LogP contribution in [0.25, 0.3) is 0 Å². The zero-order valence-corrected chi connectivity index (χ0v) is 25.6. The lowest BCUT2D eigenvalue weighted by molar-refractivity contribution is -0.390. The number of rotatable bonds is 6. The van der Waals surface area contributed by atoms with Crippen molar-refractivity contribution in [1.29, 1.82) is 0 Å². The maximum atomic E-state index is 13.0. The van der Waals surface area contributed by atoms with E-state index in [2.05, 4.69) is 52.7 Å². The lowest BCUT2D eigenvalue weighted by atomic mass is 10.1. The zero-order chi connectivity index (χ0) is 37.7. The van der Waals surface area contributed by atoms with E-state index in [1.165, 1.54) is 13.1 Å². The van der Waals surface area contributed by atoms with Gasteiger partial charge >= 0.3 is 11.4 Å². The number of aryl methyl sites for hydroxylation is 2. The molecule has 10 nitrogen and oxygen atoms in total. The van der Waals surface area contributed by atoms with Crippen LogP contribution < -0.4 is 5.32 Å². The van der Waals surface area contributed by atoms with E-state index >= 15 is 0 Å². The van der Waals surface area contributed by atoms with Gasteiger partial charge in [0, 0.05) is 42.4 Å². The molecule has 0 heterocycles. The van der Waals surface area contributed by atoms with Gasteiger partial charge in [-0.15, -0.1) is 12.8 Å². The molecule has 0 saturated heterocycles. The number of hydrogen-bond donors (Lipinski definition) is 1. The molecule has 0 atom stereocenters. The zero-order valence-electron chi connectivity index (χ0n) is 25.6. The second-order valence-electron chi connectivity index (χ2n) is 8.34. The first-order valence-electron chi connectivity index (χ1n) is 13.1. The van der Waals surface area contributed by atoms with Crippen LogP contribution in [0.3, 0.4) is 0 Å². The molecule has 3 aromatic carbocycles. The summed E-state index contributed by atoms with van der Waals surface area (Å²) in [7, 11) is 1.53. The highest BCUT2D eigenvalue weighted by molar-refractivity contribution is 5.65. The van der Waals surface area contributed by atoms with Crippen LogP contribution in [-0.2, 0) is 12.8 Å². The first-order chi connectivity index (χ1) is 23.1. The number of terminal acetylenes is 2. The van der Waals surface area contributed by atoms with Gasteiger partial charge in [0.2, 0.25) is 17.5 Å². The summed E-state index contributed by atoms with van der Waals surface area (Å²) in [5, 5.41) is 33.6. The van der Waals surface area contributed by atoms with E-state index in [0.717, 1.165) is 12.1 Å². The first kappa shape index (κ1) is 42.0. The lowest BCUT2D eigenvalue weighted by Gasteiger charge is -2.06. The Kier molecular flexibility index (Phi) is 18.6. The van der Waals surface area contributed by atoms with Crippen molar-refractivity contribution in [2.45, 2.75) is 26.7 Å². The molecule has 3 aromatic rings. The molecule has 49 heavy (non-hydrogen) atoms. The molecule has 0 aliphatic carbocycles. The van der Waals surface area contributed by atoms with Gasteiger partial charge in [-0.05, 0) is 72.3 Å². The number of halogens is 6. The minimum Gasteiger partial charge on any atom is -0.382 e. The summed E-state index contributed by atoms with van der Waals surface area (Å²) in [6, 6.07) is 4.30. The van der Waals surface area contributed by atoms with Crippen molar-refractivity contribution < 1.29 is 41.1 Å². The van der Waals surface area contributed by atoms with E-state index in [4.69, 9.17) is 12.8 Å². The Hall–Kier alpha value is -6.96. The minimum absolute atomic E-state index is 0.0450. The molecule has 0 fully saturated rings. The molecule has 1 N–H and O–H groups in total. The number of nitrogens with one attached hydrogen (secondary N) is 1. The van der Waals surface area contributed by atoms with Crippen LogP contribution in [0.4, 0.5) is 49.1 Å². The first-order valence-corrected chi connectivity index (χ1v) is 13.1. The molecule has 0 aromatic heterocycles. The number of anilines is 1. The number of benzene rings is 3. The second-order valence-corrected chi connectivity index (χ2v) is 8.34. The average molecular weight is 685 g/mol. The third-order valence-corrected chi connectivity index (χ3v) is 5.28. The monoisotopic (exact) mass is 684 g/mol. The largest absolute Gasteiger partial charge is 0.382 e. The molecular formula is C33H22F6N4O6. The second kappa shape index (κ2) is 21.7. The van der Waals surface area contributed by atoms with Gasteiger partial charge in [-0.2, -0.15) is 13.2 Å². The van der Waals surface area contributed by atoms with E-state index in [-0.39, 0.29) is 35.5 Å². The highest BCUT2D eigenvalue weighted by Crippen LogP contribution is 2.30. The Morgan fingerprint density at radius 3 is 1.24 bits per heavy atom. The predicted molar refractivity (Wildman–Crippen MR) is 168 cm³/mol. The number of hydrogen-bond acceptors (Lipinski definition) is 7. The van der Waals surface area contributed by atoms with Gasteiger partial charge in [-0.25, -0.2) is 13.2 Å². The molecular weight excluding hydrogens is 662 g/mol. The highest BCUT2D eigenvalue weighted by atomic mass is 19.2. The van der Waals surface area contributed by atoms with Crippen LogP contribution >= 0.6 is 0 Å². The van der Waals surface area contributed by atoms with Crippen LogP contribution in [0.1, 0.15) is 25.0 Å². The van der Waals surface area contributed by atoms with Crippen LogP contribution in [0.2, 0.25) is 0 Å². The molecule has 252 valence electrons. The van der Waals surface area contributed by atoms with E-state index in [1.807, 2.05) is 0 Å². The fourth-order valence-corrected chi connectivity index (χ4v) is 3.33. The van der Waals surface area contributed by atoms with Crippen molar-refractivity contribution in [3.63, 3.8) is 0 Å². The Bertz CT molecular complexity index is 1900. The Labute approximate surface area is 276 Å². The molecule has 0 bridgehead atoms. The fraction of sp³-hybridized carbons (Fsp3) is 0.152. The van der Waals surface area contributed by atoms with Crippen molar-refractivity contribution in [2.75, 3.05) is 12.4 Å². The van der Waals surface area contributed by atoms with Gasteiger partial charge in [0.05, 0.1) is 14.8 Å². The topological polar surface area (TPSA) is 141 Å². The highest BCUT2D eigenvalue weighted by Gasteiger charge is 2.22. The van der Waals surface area contributed by atoms with Gasteiger partial charge in [-0.1, -0.05) is 13.8 Å². The quantitative estimate of drug-likeness (QED) is 0.127. The number of nitro benzene ring substituents is 3. The van der Waals surface area contributed by atoms with Gasteiger partial charge in [-0.3, -0.25) is 30.3 Å². The molecule has 0 unspecified atom stereocenters.